The molecule has 0 aromatic rings. The maximum Gasteiger partial charge on any atom is 0.133 e. The van der Waals surface area contributed by atoms with Crippen molar-refractivity contribution in [3.63, 3.8) is 0 Å². The summed E-state index contributed by atoms with van der Waals surface area (Å²) in [5.41, 5.74) is 0. The van der Waals surface area contributed by atoms with Crippen LogP contribution in [0.3, 0.4) is 0 Å². The Hall–Kier alpha value is -0.640. The molecule has 0 N–H and O–H groups in total. The summed E-state index contributed by atoms with van der Waals surface area (Å²) in [7, 11) is 1.47. The van der Waals surface area contributed by atoms with Crippen molar-refractivity contribution < 1.29 is 13.9 Å². The van der Waals surface area contributed by atoms with Gasteiger partial charge in [-0.15, -0.1) is 0 Å². The summed E-state index contributed by atoms with van der Waals surface area (Å²) in [6, 6.07) is 0. The van der Waals surface area contributed by atoms with Crippen LogP contribution in [0.15, 0.2) is 22.4 Å². The molecule has 0 saturated carbocycles. The number of methoxy groups -OCH3 is 1. The molecule has 2 nitrogen and oxygen atoms in total. The van der Waals surface area contributed by atoms with Gasteiger partial charge in [-0.2, -0.15) is 0 Å². The SMILES string of the molecule is COC(=C/CC(C)=O)/C(Br)=C\CF. The number of hydrogen-bond acceptors (Lipinski definition) is 2. The molecule has 0 aromatic carbocycles. The van der Waals surface area contributed by atoms with E-state index in [1.807, 2.05) is 0 Å². The van der Waals surface area contributed by atoms with Crippen LogP contribution in [0.1, 0.15) is 13.3 Å². The van der Waals surface area contributed by atoms with E-state index >= 15 is 0 Å². The zero-order valence-electron chi connectivity index (χ0n) is 7.64. The lowest BCUT2D eigenvalue weighted by molar-refractivity contribution is -0.116. The lowest BCUT2D eigenvalue weighted by Crippen LogP contribution is -1.91. The van der Waals surface area contributed by atoms with E-state index in [1.165, 1.54) is 20.1 Å². The largest absolute Gasteiger partial charge is 0.496 e. The Kier molecular flexibility index (Phi) is 6.49. The van der Waals surface area contributed by atoms with E-state index in [9.17, 15) is 9.18 Å². The Bertz CT molecular complexity index is 234. The van der Waals surface area contributed by atoms with Gasteiger partial charge in [-0.25, -0.2) is 4.39 Å². The Labute approximate surface area is 85.6 Å². The highest BCUT2D eigenvalue weighted by atomic mass is 79.9. The van der Waals surface area contributed by atoms with Gasteiger partial charge in [0.25, 0.3) is 0 Å². The third-order valence-electron chi connectivity index (χ3n) is 1.29. The lowest BCUT2D eigenvalue weighted by Gasteiger charge is -2.03. The number of ether oxygens (including phenoxy) is 1. The second-order valence-corrected chi connectivity index (χ2v) is 3.24. The molecular weight excluding hydrogens is 239 g/mol. The minimum absolute atomic E-state index is 0.0371. The van der Waals surface area contributed by atoms with E-state index in [0.29, 0.717) is 16.7 Å². The Morgan fingerprint density at radius 1 is 1.54 bits per heavy atom. The molecule has 0 rings (SSSR count). The van der Waals surface area contributed by atoms with Crippen molar-refractivity contribution >= 4 is 21.7 Å². The fraction of sp³-hybridized carbons (Fsp3) is 0.444. The van der Waals surface area contributed by atoms with Crippen molar-refractivity contribution in [3.05, 3.63) is 22.4 Å². The molecule has 0 unspecified atom stereocenters. The number of carbonyl (C=O) groups is 1. The number of allylic oxidation sites excluding steroid dienone is 3. The summed E-state index contributed by atoms with van der Waals surface area (Å²) in [6.45, 7) is 0.915. The maximum absolute atomic E-state index is 11.9. The molecule has 0 fully saturated rings. The Morgan fingerprint density at radius 2 is 2.15 bits per heavy atom. The molecule has 0 aliphatic heterocycles. The van der Waals surface area contributed by atoms with Gasteiger partial charge in [0.2, 0.25) is 0 Å². The second kappa shape index (κ2) is 6.83. The van der Waals surface area contributed by atoms with Gasteiger partial charge < -0.3 is 4.74 Å². The molecule has 0 amide bonds. The predicted molar refractivity (Wildman–Crippen MR) is 53.4 cm³/mol. The van der Waals surface area contributed by atoms with Gasteiger partial charge in [0, 0.05) is 6.42 Å². The van der Waals surface area contributed by atoms with Crippen molar-refractivity contribution in [3.8, 4) is 0 Å². The molecular formula is C9H12BrFO2. The predicted octanol–water partition coefficient (Wildman–Crippen LogP) is 2.74. The highest BCUT2D eigenvalue weighted by Gasteiger charge is 2.01. The summed E-state index contributed by atoms with van der Waals surface area (Å²) >= 11 is 3.13. The molecule has 0 saturated heterocycles. The van der Waals surface area contributed by atoms with Crippen LogP contribution in [0, 0.1) is 0 Å². The smallest absolute Gasteiger partial charge is 0.133 e. The topological polar surface area (TPSA) is 26.3 Å². The van der Waals surface area contributed by atoms with Crippen LogP contribution in [0.25, 0.3) is 0 Å². The van der Waals surface area contributed by atoms with Crippen molar-refractivity contribution in [2.45, 2.75) is 13.3 Å². The van der Waals surface area contributed by atoms with Crippen molar-refractivity contribution in [2.75, 3.05) is 13.8 Å². The van der Waals surface area contributed by atoms with E-state index in [2.05, 4.69) is 15.9 Å². The summed E-state index contributed by atoms with van der Waals surface area (Å²) in [5, 5.41) is 0. The summed E-state index contributed by atoms with van der Waals surface area (Å²) < 4.78 is 17.4. The number of rotatable bonds is 5. The normalized spacial score (nSPS) is 12.9. The van der Waals surface area contributed by atoms with Crippen LogP contribution in [-0.2, 0) is 9.53 Å². The monoisotopic (exact) mass is 250 g/mol. The Balaban J connectivity index is 4.40. The third kappa shape index (κ3) is 5.58. The van der Waals surface area contributed by atoms with Gasteiger partial charge in [0.15, 0.2) is 0 Å². The van der Waals surface area contributed by atoms with Crippen LogP contribution in [-0.4, -0.2) is 19.6 Å². The molecule has 0 aliphatic rings. The molecule has 0 atom stereocenters. The van der Waals surface area contributed by atoms with Gasteiger partial charge in [-0.05, 0) is 35.0 Å². The highest BCUT2D eigenvalue weighted by molar-refractivity contribution is 9.11. The molecule has 0 bridgehead atoms. The van der Waals surface area contributed by atoms with Gasteiger partial charge in [-0.3, -0.25) is 4.79 Å². The van der Waals surface area contributed by atoms with E-state index in [0.717, 1.165) is 0 Å². The first-order valence-corrected chi connectivity index (χ1v) is 4.56. The zero-order chi connectivity index (χ0) is 10.3. The maximum atomic E-state index is 11.9. The number of halogens is 2. The van der Waals surface area contributed by atoms with Gasteiger partial charge in [0.1, 0.15) is 18.2 Å². The quantitative estimate of drug-likeness (QED) is 0.554. The number of hydrogen-bond donors (Lipinski definition) is 0. The van der Waals surface area contributed by atoms with Crippen LogP contribution in [0.4, 0.5) is 4.39 Å². The van der Waals surface area contributed by atoms with E-state index < -0.39 is 6.67 Å². The fourth-order valence-corrected chi connectivity index (χ4v) is 1.13. The van der Waals surface area contributed by atoms with E-state index in [-0.39, 0.29) is 5.78 Å². The van der Waals surface area contributed by atoms with E-state index in [4.69, 9.17) is 4.74 Å². The summed E-state index contributed by atoms with van der Waals surface area (Å²) in [6.07, 6.45) is 3.23. The van der Waals surface area contributed by atoms with Gasteiger partial charge >= 0.3 is 0 Å². The molecule has 0 heterocycles. The van der Waals surface area contributed by atoms with E-state index in [1.54, 1.807) is 6.08 Å². The van der Waals surface area contributed by atoms with Crippen LogP contribution < -0.4 is 0 Å². The minimum atomic E-state index is -0.568. The first-order chi connectivity index (χ1) is 6.11. The molecule has 74 valence electrons. The number of alkyl halides is 1. The highest BCUT2D eigenvalue weighted by Crippen LogP contribution is 2.18. The molecule has 13 heavy (non-hydrogen) atoms. The number of carbonyl (C=O) groups excluding carboxylic acids is 1. The molecule has 0 radical (unpaired) electrons. The van der Waals surface area contributed by atoms with Crippen molar-refractivity contribution in [2.24, 2.45) is 0 Å². The summed E-state index contributed by atoms with van der Waals surface area (Å²) in [5.74, 6) is 0.517. The lowest BCUT2D eigenvalue weighted by atomic mass is 10.2. The first-order valence-electron chi connectivity index (χ1n) is 3.77. The Morgan fingerprint density at radius 3 is 2.54 bits per heavy atom. The molecule has 0 spiro atoms. The number of ketones is 1. The average molecular weight is 251 g/mol. The fourth-order valence-electron chi connectivity index (χ4n) is 0.683. The van der Waals surface area contributed by atoms with Crippen LogP contribution in [0.5, 0.6) is 0 Å². The second-order valence-electron chi connectivity index (χ2n) is 2.39. The molecule has 0 aliphatic carbocycles. The third-order valence-corrected chi connectivity index (χ3v) is 2.00. The molecule has 0 aromatic heterocycles. The minimum Gasteiger partial charge on any atom is -0.496 e. The molecule has 4 heteroatoms. The van der Waals surface area contributed by atoms with Crippen LogP contribution >= 0.6 is 15.9 Å². The van der Waals surface area contributed by atoms with Crippen LogP contribution in [0.2, 0.25) is 0 Å². The van der Waals surface area contributed by atoms with Crippen molar-refractivity contribution in [1.29, 1.82) is 0 Å². The zero-order valence-corrected chi connectivity index (χ0v) is 9.23. The number of Topliss-reactive ketones (excluding diaryl/α,β-unsaturated/α-hetero) is 1. The first kappa shape index (κ1) is 12.4. The summed E-state index contributed by atoms with van der Waals surface area (Å²) in [4.78, 5) is 10.6. The average Bonchev–Trinajstić information content (AvgIpc) is 2.05. The standard InChI is InChI=1S/C9H12BrFO2/c1-7(12)3-4-9(13-2)8(10)5-6-11/h4-5H,3,6H2,1-2H3/b8-5+,9-4+. The van der Waals surface area contributed by atoms with Gasteiger partial charge in [0.05, 0.1) is 11.6 Å². The van der Waals surface area contributed by atoms with Gasteiger partial charge in [-0.1, -0.05) is 0 Å². The van der Waals surface area contributed by atoms with Crippen molar-refractivity contribution in [1.82, 2.24) is 0 Å².